The lowest BCUT2D eigenvalue weighted by Gasteiger charge is -2.19. The van der Waals surface area contributed by atoms with E-state index < -0.39 is 0 Å². The number of nitrogens with zero attached hydrogens (tertiary/aromatic N) is 2. The number of amides is 2. The van der Waals surface area contributed by atoms with Crippen LogP contribution in [0.15, 0.2) is 42.7 Å². The number of carbonyl (C=O) groups excluding carboxylic acids is 2. The van der Waals surface area contributed by atoms with Crippen LogP contribution in [-0.2, 0) is 16.0 Å². The number of hydrogen-bond acceptors (Lipinski definition) is 8. The van der Waals surface area contributed by atoms with Gasteiger partial charge in [-0.1, -0.05) is 18.6 Å². The van der Waals surface area contributed by atoms with Crippen LogP contribution in [-0.4, -0.2) is 54.9 Å². The van der Waals surface area contributed by atoms with Crippen molar-refractivity contribution in [2.75, 3.05) is 32.7 Å². The maximum Gasteiger partial charge on any atom is 0.407 e. The molecule has 210 valence electrons. The van der Waals surface area contributed by atoms with Gasteiger partial charge in [-0.3, -0.25) is 4.79 Å². The Hall–Kier alpha value is -4.08. The first-order valence-electron chi connectivity index (χ1n) is 13.1. The van der Waals surface area contributed by atoms with Gasteiger partial charge >= 0.3 is 6.09 Å². The summed E-state index contributed by atoms with van der Waals surface area (Å²) < 4.78 is 16.2. The number of methoxy groups -OCH3 is 2. The molecule has 0 aliphatic rings. The Bertz CT molecular complexity index is 1240. The molecule has 0 bridgehead atoms. The fourth-order valence-electron chi connectivity index (χ4n) is 3.97. The summed E-state index contributed by atoms with van der Waals surface area (Å²) in [6.45, 7) is 6.75. The molecule has 3 N–H and O–H groups in total. The van der Waals surface area contributed by atoms with Gasteiger partial charge in [0.1, 0.15) is 12.1 Å². The second kappa shape index (κ2) is 14.2. The SMILES string of the molecule is COc1ccc2ncnc(Nc3ccc(CC(=O)NCCCCCCOC(=O)NC(C)(C)C)cc3)c2c1OC. The smallest absolute Gasteiger partial charge is 0.407 e. The highest BCUT2D eigenvalue weighted by Gasteiger charge is 2.16. The van der Waals surface area contributed by atoms with E-state index in [0.29, 0.717) is 36.9 Å². The number of hydrogen-bond donors (Lipinski definition) is 3. The van der Waals surface area contributed by atoms with Crippen molar-refractivity contribution >= 4 is 34.4 Å². The lowest BCUT2D eigenvalue weighted by molar-refractivity contribution is -0.120. The van der Waals surface area contributed by atoms with Crippen molar-refractivity contribution in [3.8, 4) is 11.5 Å². The topological polar surface area (TPSA) is 124 Å². The summed E-state index contributed by atoms with van der Waals surface area (Å²) in [5.74, 6) is 1.74. The van der Waals surface area contributed by atoms with Gasteiger partial charge in [-0.15, -0.1) is 0 Å². The quantitative estimate of drug-likeness (QED) is 0.256. The summed E-state index contributed by atoms with van der Waals surface area (Å²) in [7, 11) is 3.17. The zero-order valence-electron chi connectivity index (χ0n) is 23.4. The monoisotopic (exact) mass is 537 g/mol. The summed E-state index contributed by atoms with van der Waals surface area (Å²) in [5, 5.41) is 9.77. The lowest BCUT2D eigenvalue weighted by Crippen LogP contribution is -2.41. The van der Waals surface area contributed by atoms with Crippen LogP contribution < -0.4 is 25.4 Å². The predicted molar refractivity (Wildman–Crippen MR) is 152 cm³/mol. The largest absolute Gasteiger partial charge is 0.493 e. The lowest BCUT2D eigenvalue weighted by atomic mass is 10.1. The number of benzene rings is 2. The van der Waals surface area contributed by atoms with Crippen LogP contribution in [0.2, 0.25) is 0 Å². The molecule has 2 aromatic carbocycles. The summed E-state index contributed by atoms with van der Waals surface area (Å²) in [6, 6.07) is 11.3. The number of unbranched alkanes of at least 4 members (excludes halogenated alkanes) is 3. The molecule has 0 aliphatic carbocycles. The zero-order chi connectivity index (χ0) is 28.3. The van der Waals surface area contributed by atoms with E-state index in [1.54, 1.807) is 14.2 Å². The highest BCUT2D eigenvalue weighted by molar-refractivity contribution is 5.97. The maximum absolute atomic E-state index is 12.4. The van der Waals surface area contributed by atoms with Crippen molar-refractivity contribution in [2.24, 2.45) is 0 Å². The zero-order valence-corrected chi connectivity index (χ0v) is 23.4. The molecule has 10 nitrogen and oxygen atoms in total. The number of anilines is 2. The van der Waals surface area contributed by atoms with Crippen molar-refractivity contribution in [1.29, 1.82) is 0 Å². The van der Waals surface area contributed by atoms with Gasteiger partial charge in [0, 0.05) is 17.8 Å². The molecule has 0 fully saturated rings. The summed E-state index contributed by atoms with van der Waals surface area (Å²) in [5.41, 5.74) is 2.17. The number of alkyl carbamates (subject to hydrolysis) is 1. The molecule has 0 atom stereocenters. The molecular formula is C29H39N5O5. The number of rotatable bonds is 13. The summed E-state index contributed by atoms with van der Waals surface area (Å²) >= 11 is 0. The Kier molecular flexibility index (Phi) is 10.7. The minimum atomic E-state index is -0.387. The van der Waals surface area contributed by atoms with Gasteiger partial charge in [0.05, 0.1) is 38.2 Å². The van der Waals surface area contributed by atoms with E-state index in [0.717, 1.165) is 47.8 Å². The Morgan fingerprint density at radius 1 is 0.897 bits per heavy atom. The molecule has 3 aromatic rings. The Labute approximate surface area is 229 Å². The third kappa shape index (κ3) is 9.31. The minimum absolute atomic E-state index is 0.0171. The van der Waals surface area contributed by atoms with E-state index in [9.17, 15) is 9.59 Å². The van der Waals surface area contributed by atoms with Crippen molar-refractivity contribution in [3.05, 3.63) is 48.3 Å². The van der Waals surface area contributed by atoms with E-state index in [1.807, 2.05) is 57.2 Å². The van der Waals surface area contributed by atoms with E-state index in [2.05, 4.69) is 25.9 Å². The maximum atomic E-state index is 12.4. The third-order valence-corrected chi connectivity index (χ3v) is 5.83. The second-order valence-electron chi connectivity index (χ2n) is 10.2. The van der Waals surface area contributed by atoms with Crippen LogP contribution in [0.3, 0.4) is 0 Å². The van der Waals surface area contributed by atoms with Gasteiger partial charge in [0.15, 0.2) is 11.5 Å². The molecule has 1 aromatic heterocycles. The highest BCUT2D eigenvalue weighted by Crippen LogP contribution is 2.38. The van der Waals surface area contributed by atoms with Crippen LogP contribution in [0.25, 0.3) is 10.9 Å². The molecule has 3 rings (SSSR count). The Balaban J connectivity index is 1.40. The van der Waals surface area contributed by atoms with Gasteiger partial charge in [-0.25, -0.2) is 14.8 Å². The molecule has 0 spiro atoms. The van der Waals surface area contributed by atoms with Gasteiger partial charge in [-0.2, -0.15) is 0 Å². The molecular weight excluding hydrogens is 498 g/mol. The highest BCUT2D eigenvalue weighted by atomic mass is 16.5. The van der Waals surface area contributed by atoms with Crippen molar-refractivity contribution in [2.45, 2.75) is 58.4 Å². The average Bonchev–Trinajstić information content (AvgIpc) is 2.89. The fraction of sp³-hybridized carbons (Fsp3) is 0.448. The Morgan fingerprint density at radius 2 is 1.64 bits per heavy atom. The number of aromatic nitrogens is 2. The molecule has 0 saturated heterocycles. The summed E-state index contributed by atoms with van der Waals surface area (Å²) in [4.78, 5) is 32.7. The fourth-order valence-corrected chi connectivity index (χ4v) is 3.97. The number of carbonyl (C=O) groups is 2. The molecule has 1 heterocycles. The van der Waals surface area contributed by atoms with E-state index in [1.165, 1.54) is 6.33 Å². The van der Waals surface area contributed by atoms with E-state index >= 15 is 0 Å². The summed E-state index contributed by atoms with van der Waals surface area (Å²) in [6.07, 6.45) is 4.99. The standard InChI is InChI=1S/C29H39N5O5/c1-29(2,3)34-28(36)39-17-9-7-6-8-16-30-24(35)18-20-10-12-21(13-11-20)33-27-25-22(31-19-32-27)14-15-23(37-4)26(25)38-5/h10-15,19H,6-9,16-18H2,1-5H3,(H,30,35)(H,34,36)(H,31,32,33). The van der Waals surface area contributed by atoms with Crippen molar-refractivity contribution < 1.29 is 23.8 Å². The van der Waals surface area contributed by atoms with Crippen LogP contribution in [0.4, 0.5) is 16.3 Å². The third-order valence-electron chi connectivity index (χ3n) is 5.83. The van der Waals surface area contributed by atoms with E-state index in [-0.39, 0.29) is 17.5 Å². The average molecular weight is 538 g/mol. The van der Waals surface area contributed by atoms with Crippen LogP contribution in [0.1, 0.15) is 52.0 Å². The van der Waals surface area contributed by atoms with Crippen LogP contribution in [0.5, 0.6) is 11.5 Å². The predicted octanol–water partition coefficient (Wildman–Crippen LogP) is 5.13. The van der Waals surface area contributed by atoms with Gasteiger partial charge in [0.2, 0.25) is 5.91 Å². The van der Waals surface area contributed by atoms with E-state index in [4.69, 9.17) is 14.2 Å². The Morgan fingerprint density at radius 3 is 2.33 bits per heavy atom. The molecule has 0 unspecified atom stereocenters. The number of nitrogens with one attached hydrogen (secondary N) is 3. The molecule has 39 heavy (non-hydrogen) atoms. The molecule has 0 aliphatic heterocycles. The van der Waals surface area contributed by atoms with Gasteiger partial charge in [0.25, 0.3) is 0 Å². The van der Waals surface area contributed by atoms with Crippen LogP contribution in [0, 0.1) is 0 Å². The first-order chi connectivity index (χ1) is 18.7. The van der Waals surface area contributed by atoms with Crippen molar-refractivity contribution in [1.82, 2.24) is 20.6 Å². The molecule has 2 amide bonds. The second-order valence-corrected chi connectivity index (χ2v) is 10.2. The van der Waals surface area contributed by atoms with Crippen LogP contribution >= 0.6 is 0 Å². The van der Waals surface area contributed by atoms with Gasteiger partial charge < -0.3 is 30.2 Å². The minimum Gasteiger partial charge on any atom is -0.493 e. The van der Waals surface area contributed by atoms with Gasteiger partial charge in [-0.05, 0) is 69.9 Å². The normalized spacial score (nSPS) is 11.1. The molecule has 0 saturated carbocycles. The van der Waals surface area contributed by atoms with Crippen molar-refractivity contribution in [3.63, 3.8) is 0 Å². The first-order valence-corrected chi connectivity index (χ1v) is 13.1. The molecule has 10 heteroatoms. The number of ether oxygens (including phenoxy) is 3. The molecule has 0 radical (unpaired) electrons. The first kappa shape index (κ1) is 29.5. The number of fused-ring (bicyclic) bond motifs is 1.